The van der Waals surface area contributed by atoms with Crippen LogP contribution in [0, 0.1) is 17.8 Å². The number of nitrogens with one attached hydrogen (secondary N) is 2. The van der Waals surface area contributed by atoms with Gasteiger partial charge in [-0.3, -0.25) is 0 Å². The lowest BCUT2D eigenvalue weighted by Gasteiger charge is -2.56. The maximum Gasteiger partial charge on any atom is 0.315 e. The molecule has 4 saturated carbocycles. The Morgan fingerprint density at radius 1 is 0.964 bits per heavy atom. The first-order valence-electron chi connectivity index (χ1n) is 10.6. The number of hydrogen-bond acceptors (Lipinski definition) is 3. The van der Waals surface area contributed by atoms with Crippen molar-refractivity contribution >= 4 is 6.03 Å². The number of urea groups is 1. The van der Waals surface area contributed by atoms with E-state index in [0.717, 1.165) is 41.1 Å². The number of aromatic nitrogens is 2. The number of carbonyl (C=O) groups is 1. The van der Waals surface area contributed by atoms with Gasteiger partial charge < -0.3 is 10.6 Å². The second-order valence-corrected chi connectivity index (χ2v) is 9.11. The van der Waals surface area contributed by atoms with E-state index in [2.05, 4.69) is 20.6 Å². The number of amides is 2. The van der Waals surface area contributed by atoms with E-state index >= 15 is 0 Å². The number of rotatable bonds is 5. The smallest absolute Gasteiger partial charge is 0.315 e. The number of nitrogens with zero attached hydrogens (tertiary/aromatic N) is 2. The molecule has 0 radical (unpaired) electrons. The van der Waals surface area contributed by atoms with Crippen LogP contribution >= 0.6 is 0 Å². The molecule has 2 aromatic rings. The van der Waals surface area contributed by atoms with Crippen molar-refractivity contribution in [2.45, 2.75) is 50.5 Å². The van der Waals surface area contributed by atoms with Crippen LogP contribution in [0.25, 0.3) is 11.4 Å². The van der Waals surface area contributed by atoms with E-state index in [-0.39, 0.29) is 11.6 Å². The molecule has 28 heavy (non-hydrogen) atoms. The van der Waals surface area contributed by atoms with Gasteiger partial charge in [0.25, 0.3) is 0 Å². The first kappa shape index (κ1) is 17.7. The second-order valence-electron chi connectivity index (χ2n) is 9.11. The van der Waals surface area contributed by atoms with E-state index in [1.807, 2.05) is 42.7 Å². The molecule has 0 saturated heterocycles. The topological polar surface area (TPSA) is 66.9 Å². The zero-order chi connectivity index (χ0) is 19.0. The van der Waals surface area contributed by atoms with Gasteiger partial charge in [0.05, 0.1) is 0 Å². The maximum atomic E-state index is 12.5. The number of hydrogen-bond donors (Lipinski definition) is 2. The zero-order valence-electron chi connectivity index (χ0n) is 16.2. The SMILES string of the molecule is O=C(NCCc1cnc(-c2ccccc2)nc1)NC12CC3CC(CC(C3)C1)C2. The summed E-state index contributed by atoms with van der Waals surface area (Å²) in [5.41, 5.74) is 2.12. The van der Waals surface area contributed by atoms with Crippen molar-refractivity contribution in [3.05, 3.63) is 48.3 Å². The van der Waals surface area contributed by atoms with E-state index in [0.29, 0.717) is 6.54 Å². The lowest BCUT2D eigenvalue weighted by molar-refractivity contribution is -0.0135. The summed E-state index contributed by atoms with van der Waals surface area (Å²) < 4.78 is 0. The molecule has 1 heterocycles. The van der Waals surface area contributed by atoms with Crippen LogP contribution in [0.4, 0.5) is 4.79 Å². The molecular formula is C23H28N4O. The van der Waals surface area contributed by atoms with Crippen LogP contribution in [0.5, 0.6) is 0 Å². The Morgan fingerprint density at radius 3 is 2.18 bits per heavy atom. The van der Waals surface area contributed by atoms with Crippen LogP contribution in [-0.4, -0.2) is 28.1 Å². The molecule has 4 bridgehead atoms. The average molecular weight is 377 g/mol. The number of benzene rings is 1. The van der Waals surface area contributed by atoms with Gasteiger partial charge in [0.15, 0.2) is 5.82 Å². The molecule has 2 amide bonds. The lowest BCUT2D eigenvalue weighted by Crippen LogP contribution is -2.61. The molecule has 0 atom stereocenters. The highest BCUT2D eigenvalue weighted by molar-refractivity contribution is 5.75. The predicted molar refractivity (Wildman–Crippen MR) is 109 cm³/mol. The van der Waals surface area contributed by atoms with E-state index in [1.54, 1.807) is 0 Å². The number of carbonyl (C=O) groups excluding carboxylic acids is 1. The molecule has 4 aliphatic carbocycles. The van der Waals surface area contributed by atoms with Gasteiger partial charge in [-0.25, -0.2) is 14.8 Å². The van der Waals surface area contributed by atoms with Gasteiger partial charge in [0.1, 0.15) is 0 Å². The van der Waals surface area contributed by atoms with Gasteiger partial charge in [-0.1, -0.05) is 30.3 Å². The van der Waals surface area contributed by atoms with Crippen LogP contribution in [-0.2, 0) is 6.42 Å². The summed E-state index contributed by atoms with van der Waals surface area (Å²) >= 11 is 0. The van der Waals surface area contributed by atoms with Crippen molar-refractivity contribution < 1.29 is 4.79 Å². The van der Waals surface area contributed by atoms with Crippen molar-refractivity contribution in [1.82, 2.24) is 20.6 Å². The molecule has 0 aliphatic heterocycles. The Balaban J connectivity index is 1.12. The van der Waals surface area contributed by atoms with Crippen molar-refractivity contribution in [3.63, 3.8) is 0 Å². The molecule has 0 spiro atoms. The monoisotopic (exact) mass is 376 g/mol. The molecule has 6 rings (SSSR count). The Morgan fingerprint density at radius 2 is 1.57 bits per heavy atom. The minimum atomic E-state index is -0.0104. The molecule has 1 aromatic heterocycles. The Bertz CT molecular complexity index is 798. The van der Waals surface area contributed by atoms with Gasteiger partial charge in [-0.15, -0.1) is 0 Å². The molecule has 4 fully saturated rings. The fourth-order valence-electron chi connectivity index (χ4n) is 6.09. The highest BCUT2D eigenvalue weighted by atomic mass is 16.2. The predicted octanol–water partition coefficient (Wildman–Crippen LogP) is 3.95. The van der Waals surface area contributed by atoms with Gasteiger partial charge in [-0.05, 0) is 68.3 Å². The van der Waals surface area contributed by atoms with Crippen molar-refractivity contribution in [3.8, 4) is 11.4 Å². The van der Waals surface area contributed by atoms with E-state index in [4.69, 9.17) is 0 Å². The summed E-state index contributed by atoms with van der Waals surface area (Å²) in [5, 5.41) is 6.41. The Labute approximate surface area is 166 Å². The minimum absolute atomic E-state index is 0.0104. The molecule has 1 aromatic carbocycles. The fourth-order valence-corrected chi connectivity index (χ4v) is 6.09. The first-order chi connectivity index (χ1) is 13.7. The third kappa shape index (κ3) is 3.62. The van der Waals surface area contributed by atoms with Gasteiger partial charge in [-0.2, -0.15) is 0 Å². The van der Waals surface area contributed by atoms with E-state index in [1.165, 1.54) is 38.5 Å². The lowest BCUT2D eigenvalue weighted by atomic mass is 9.53. The minimum Gasteiger partial charge on any atom is -0.338 e. The molecule has 4 aliphatic rings. The summed E-state index contributed by atoms with van der Waals surface area (Å²) in [6, 6.07) is 9.95. The fraction of sp³-hybridized carbons (Fsp3) is 0.522. The highest BCUT2D eigenvalue weighted by Crippen LogP contribution is 2.55. The van der Waals surface area contributed by atoms with Crippen molar-refractivity contribution in [2.75, 3.05) is 6.54 Å². The molecule has 2 N–H and O–H groups in total. The second kappa shape index (κ2) is 7.19. The Hall–Kier alpha value is -2.43. The van der Waals surface area contributed by atoms with E-state index in [9.17, 15) is 4.79 Å². The van der Waals surface area contributed by atoms with Crippen LogP contribution in [0.1, 0.15) is 44.1 Å². The molecule has 5 heteroatoms. The quantitative estimate of drug-likeness (QED) is 0.830. The highest BCUT2D eigenvalue weighted by Gasteiger charge is 2.51. The van der Waals surface area contributed by atoms with Crippen LogP contribution in [0.2, 0.25) is 0 Å². The third-order valence-corrected chi connectivity index (χ3v) is 6.85. The van der Waals surface area contributed by atoms with Gasteiger partial charge in [0, 0.05) is 30.0 Å². The molecule has 146 valence electrons. The Kier molecular flexibility index (Phi) is 4.53. The summed E-state index contributed by atoms with van der Waals surface area (Å²) in [6.07, 6.45) is 12.2. The van der Waals surface area contributed by atoms with Crippen LogP contribution < -0.4 is 10.6 Å². The van der Waals surface area contributed by atoms with Gasteiger partial charge >= 0.3 is 6.03 Å². The summed E-state index contributed by atoms with van der Waals surface area (Å²) in [5.74, 6) is 3.25. The standard InChI is InChI=1S/C23H28N4O/c28-22(27-23-11-17-8-18(12-23)10-19(9-17)13-23)24-7-6-16-14-25-21(26-15-16)20-4-2-1-3-5-20/h1-5,14-15,17-19H,6-13H2,(H2,24,27,28). The third-order valence-electron chi connectivity index (χ3n) is 6.85. The molecule has 0 unspecified atom stereocenters. The largest absolute Gasteiger partial charge is 0.338 e. The maximum absolute atomic E-state index is 12.5. The zero-order valence-corrected chi connectivity index (χ0v) is 16.2. The van der Waals surface area contributed by atoms with Crippen molar-refractivity contribution in [2.24, 2.45) is 17.8 Å². The normalized spacial score (nSPS) is 30.2. The summed E-state index contributed by atoms with van der Waals surface area (Å²) in [6.45, 7) is 0.603. The summed E-state index contributed by atoms with van der Waals surface area (Å²) in [7, 11) is 0. The first-order valence-corrected chi connectivity index (χ1v) is 10.6. The molecule has 5 nitrogen and oxygen atoms in total. The average Bonchev–Trinajstić information content (AvgIpc) is 2.68. The van der Waals surface area contributed by atoms with Crippen LogP contribution in [0.3, 0.4) is 0 Å². The summed E-state index contributed by atoms with van der Waals surface area (Å²) in [4.78, 5) is 21.4. The van der Waals surface area contributed by atoms with E-state index < -0.39 is 0 Å². The van der Waals surface area contributed by atoms with Gasteiger partial charge in [0.2, 0.25) is 0 Å². The van der Waals surface area contributed by atoms with Crippen molar-refractivity contribution in [1.29, 1.82) is 0 Å². The van der Waals surface area contributed by atoms with Crippen LogP contribution in [0.15, 0.2) is 42.7 Å². The molecular weight excluding hydrogens is 348 g/mol.